The zero-order valence-electron chi connectivity index (χ0n) is 12.5. The van der Waals surface area contributed by atoms with Crippen LogP contribution in [0.3, 0.4) is 0 Å². The van der Waals surface area contributed by atoms with Gasteiger partial charge in [0.15, 0.2) is 0 Å². The summed E-state index contributed by atoms with van der Waals surface area (Å²) in [4.78, 5) is 2.42. The maximum atomic E-state index is 5.81. The third kappa shape index (κ3) is 3.47. The average Bonchev–Trinajstić information content (AvgIpc) is 2.53. The van der Waals surface area contributed by atoms with Crippen LogP contribution in [0.2, 0.25) is 0 Å². The van der Waals surface area contributed by atoms with Gasteiger partial charge in [0, 0.05) is 13.1 Å². The largest absolute Gasteiger partial charge is 0.326 e. The van der Waals surface area contributed by atoms with Crippen molar-refractivity contribution in [1.29, 1.82) is 0 Å². The van der Waals surface area contributed by atoms with E-state index in [1.165, 1.54) is 22.3 Å². The Balaban J connectivity index is 2.19. The lowest BCUT2D eigenvalue weighted by Gasteiger charge is -2.18. The van der Waals surface area contributed by atoms with Crippen molar-refractivity contribution in [2.75, 3.05) is 13.1 Å². The zero-order chi connectivity index (χ0) is 14.4. The standard InChI is InChI=1S/C18H24N2/c1-3-20(4-2)14-15-9-11-16(12-10-15)18-8-6-5-7-17(18)13-19/h5-12H,3-4,13-14,19H2,1-2H3. The van der Waals surface area contributed by atoms with E-state index < -0.39 is 0 Å². The molecule has 0 amide bonds. The Bertz CT molecular complexity index is 527. The SMILES string of the molecule is CCN(CC)Cc1ccc(-c2ccccc2CN)cc1. The molecule has 0 saturated heterocycles. The molecule has 2 aromatic rings. The lowest BCUT2D eigenvalue weighted by Crippen LogP contribution is -2.21. The normalized spacial score (nSPS) is 11.0. The third-order valence-electron chi connectivity index (χ3n) is 3.80. The first-order valence-corrected chi connectivity index (χ1v) is 7.38. The highest BCUT2D eigenvalue weighted by Crippen LogP contribution is 2.24. The fourth-order valence-corrected chi connectivity index (χ4v) is 2.48. The highest BCUT2D eigenvalue weighted by molar-refractivity contribution is 5.67. The average molecular weight is 268 g/mol. The van der Waals surface area contributed by atoms with Crippen LogP contribution in [0.5, 0.6) is 0 Å². The Hall–Kier alpha value is -1.64. The summed E-state index contributed by atoms with van der Waals surface area (Å²) in [5, 5.41) is 0. The van der Waals surface area contributed by atoms with Gasteiger partial charge in [-0.1, -0.05) is 62.4 Å². The van der Waals surface area contributed by atoms with Crippen molar-refractivity contribution in [3.63, 3.8) is 0 Å². The molecule has 0 aliphatic rings. The van der Waals surface area contributed by atoms with Gasteiger partial charge >= 0.3 is 0 Å². The zero-order valence-corrected chi connectivity index (χ0v) is 12.5. The smallest absolute Gasteiger partial charge is 0.0233 e. The number of nitrogens with zero attached hydrogens (tertiary/aromatic N) is 1. The molecular formula is C18H24N2. The Labute approximate surface area is 122 Å². The van der Waals surface area contributed by atoms with Gasteiger partial charge in [0.1, 0.15) is 0 Å². The van der Waals surface area contributed by atoms with Crippen LogP contribution < -0.4 is 5.73 Å². The number of benzene rings is 2. The minimum atomic E-state index is 0.581. The van der Waals surface area contributed by atoms with Gasteiger partial charge in [-0.05, 0) is 35.3 Å². The summed E-state index contributed by atoms with van der Waals surface area (Å²) >= 11 is 0. The van der Waals surface area contributed by atoms with E-state index in [0.717, 1.165) is 19.6 Å². The Morgan fingerprint density at radius 2 is 1.55 bits per heavy atom. The van der Waals surface area contributed by atoms with Crippen molar-refractivity contribution >= 4 is 0 Å². The summed E-state index contributed by atoms with van der Waals surface area (Å²) in [5.41, 5.74) is 10.9. The minimum Gasteiger partial charge on any atom is -0.326 e. The molecule has 0 atom stereocenters. The number of hydrogen-bond acceptors (Lipinski definition) is 2. The van der Waals surface area contributed by atoms with Crippen LogP contribution in [0.1, 0.15) is 25.0 Å². The fourth-order valence-electron chi connectivity index (χ4n) is 2.48. The quantitative estimate of drug-likeness (QED) is 0.866. The minimum absolute atomic E-state index is 0.581. The predicted octanol–water partition coefficient (Wildman–Crippen LogP) is 3.65. The lowest BCUT2D eigenvalue weighted by atomic mass is 9.98. The molecular weight excluding hydrogens is 244 g/mol. The number of rotatable bonds is 6. The van der Waals surface area contributed by atoms with Crippen molar-refractivity contribution in [1.82, 2.24) is 4.90 Å². The molecule has 0 aromatic heterocycles. The van der Waals surface area contributed by atoms with E-state index in [1.54, 1.807) is 0 Å². The second-order valence-corrected chi connectivity index (χ2v) is 5.02. The Kier molecular flexibility index (Phi) is 5.33. The van der Waals surface area contributed by atoms with Gasteiger partial charge in [0.25, 0.3) is 0 Å². The van der Waals surface area contributed by atoms with Gasteiger partial charge in [-0.25, -0.2) is 0 Å². The fraction of sp³-hybridized carbons (Fsp3) is 0.333. The number of nitrogens with two attached hydrogens (primary N) is 1. The van der Waals surface area contributed by atoms with E-state index in [4.69, 9.17) is 5.73 Å². The summed E-state index contributed by atoms with van der Waals surface area (Å²) in [7, 11) is 0. The van der Waals surface area contributed by atoms with Crippen LogP contribution in [0.4, 0.5) is 0 Å². The molecule has 2 heteroatoms. The maximum absolute atomic E-state index is 5.81. The van der Waals surface area contributed by atoms with Crippen molar-refractivity contribution in [3.05, 3.63) is 59.7 Å². The van der Waals surface area contributed by atoms with Crippen LogP contribution in [0.15, 0.2) is 48.5 Å². The van der Waals surface area contributed by atoms with Gasteiger partial charge in [-0.3, -0.25) is 4.90 Å². The molecule has 0 radical (unpaired) electrons. The first-order chi connectivity index (χ1) is 9.78. The summed E-state index contributed by atoms with van der Waals surface area (Å²) in [6, 6.07) is 17.2. The van der Waals surface area contributed by atoms with Crippen molar-refractivity contribution in [2.45, 2.75) is 26.9 Å². The molecule has 0 aliphatic heterocycles. The van der Waals surface area contributed by atoms with Crippen molar-refractivity contribution in [2.24, 2.45) is 5.73 Å². The molecule has 0 spiro atoms. The van der Waals surface area contributed by atoms with Crippen molar-refractivity contribution in [3.8, 4) is 11.1 Å². The van der Waals surface area contributed by atoms with Crippen molar-refractivity contribution < 1.29 is 0 Å². The molecule has 106 valence electrons. The maximum Gasteiger partial charge on any atom is 0.0233 e. The summed E-state index contributed by atoms with van der Waals surface area (Å²) in [6.45, 7) is 8.19. The molecule has 20 heavy (non-hydrogen) atoms. The van der Waals surface area contributed by atoms with E-state index in [0.29, 0.717) is 6.54 Å². The predicted molar refractivity (Wildman–Crippen MR) is 86.4 cm³/mol. The molecule has 2 aromatic carbocycles. The Morgan fingerprint density at radius 1 is 0.900 bits per heavy atom. The van der Waals surface area contributed by atoms with E-state index >= 15 is 0 Å². The molecule has 0 bridgehead atoms. The molecule has 0 saturated carbocycles. The summed E-state index contributed by atoms with van der Waals surface area (Å²) in [6.07, 6.45) is 0. The number of hydrogen-bond donors (Lipinski definition) is 1. The topological polar surface area (TPSA) is 29.3 Å². The molecule has 0 unspecified atom stereocenters. The molecule has 2 N–H and O–H groups in total. The highest BCUT2D eigenvalue weighted by Gasteiger charge is 2.04. The van der Waals surface area contributed by atoms with E-state index in [9.17, 15) is 0 Å². The lowest BCUT2D eigenvalue weighted by molar-refractivity contribution is 0.296. The van der Waals surface area contributed by atoms with Crippen LogP contribution in [0, 0.1) is 0 Å². The first kappa shape index (κ1) is 14.8. The van der Waals surface area contributed by atoms with E-state index in [1.807, 2.05) is 6.07 Å². The van der Waals surface area contributed by atoms with Gasteiger partial charge in [0.05, 0.1) is 0 Å². The van der Waals surface area contributed by atoms with Crippen LogP contribution >= 0.6 is 0 Å². The molecule has 2 rings (SSSR count). The second-order valence-electron chi connectivity index (χ2n) is 5.02. The monoisotopic (exact) mass is 268 g/mol. The first-order valence-electron chi connectivity index (χ1n) is 7.38. The molecule has 0 fully saturated rings. The third-order valence-corrected chi connectivity index (χ3v) is 3.80. The van der Waals surface area contributed by atoms with Crippen LogP contribution in [0.25, 0.3) is 11.1 Å². The van der Waals surface area contributed by atoms with Crippen LogP contribution in [-0.4, -0.2) is 18.0 Å². The molecule has 0 aliphatic carbocycles. The highest BCUT2D eigenvalue weighted by atomic mass is 15.1. The summed E-state index contributed by atoms with van der Waals surface area (Å²) < 4.78 is 0. The molecule has 0 heterocycles. The van der Waals surface area contributed by atoms with Gasteiger partial charge in [-0.15, -0.1) is 0 Å². The van der Waals surface area contributed by atoms with Gasteiger partial charge in [0.2, 0.25) is 0 Å². The van der Waals surface area contributed by atoms with Gasteiger partial charge < -0.3 is 5.73 Å². The molecule has 2 nitrogen and oxygen atoms in total. The van der Waals surface area contributed by atoms with E-state index in [-0.39, 0.29) is 0 Å². The van der Waals surface area contributed by atoms with E-state index in [2.05, 4.69) is 61.2 Å². The van der Waals surface area contributed by atoms with Crippen LogP contribution in [-0.2, 0) is 13.1 Å². The van der Waals surface area contributed by atoms with Gasteiger partial charge in [-0.2, -0.15) is 0 Å². The Morgan fingerprint density at radius 3 is 2.15 bits per heavy atom. The second kappa shape index (κ2) is 7.22. The summed E-state index contributed by atoms with van der Waals surface area (Å²) in [5.74, 6) is 0.